The normalized spacial score (nSPS) is 13.1. The number of hydrogen-bond donors (Lipinski definition) is 0. The molecule has 0 saturated heterocycles. The van der Waals surface area contributed by atoms with Gasteiger partial charge in [0.05, 0.1) is 22.8 Å². The zero-order valence-electron chi connectivity index (χ0n) is 9.95. The number of rotatable bonds is 0. The summed E-state index contributed by atoms with van der Waals surface area (Å²) in [5, 5.41) is 0. The van der Waals surface area contributed by atoms with E-state index < -0.39 is 0 Å². The second-order valence-corrected chi connectivity index (χ2v) is 4.73. The molecule has 5 heteroatoms. The molecule has 90 valence electrons. The van der Waals surface area contributed by atoms with Crippen molar-refractivity contribution in [2.45, 2.75) is 6.54 Å². The summed E-state index contributed by atoms with van der Waals surface area (Å²) >= 11 is 0. The lowest BCUT2D eigenvalue weighted by Crippen LogP contribution is -2.30. The molecule has 5 rings (SSSR count). The van der Waals surface area contributed by atoms with E-state index in [1.54, 1.807) is 12.4 Å². The minimum Gasteiger partial charge on any atom is -0.380 e. The monoisotopic (exact) mass is 249 g/mol. The number of hydrogen-bond acceptors (Lipinski definition) is 3. The summed E-state index contributed by atoms with van der Waals surface area (Å²) in [6.07, 6.45) is 9.23. The van der Waals surface area contributed by atoms with E-state index in [1.165, 1.54) is 5.56 Å². The van der Waals surface area contributed by atoms with Crippen LogP contribution in [0.15, 0.2) is 47.5 Å². The molecule has 5 nitrogen and oxygen atoms in total. The van der Waals surface area contributed by atoms with Crippen LogP contribution in [-0.4, -0.2) is 14.4 Å². The largest absolute Gasteiger partial charge is 0.383 e. The van der Waals surface area contributed by atoms with Gasteiger partial charge in [0.1, 0.15) is 0 Å². The molecule has 0 unspecified atom stereocenters. The second-order valence-electron chi connectivity index (χ2n) is 4.73. The van der Waals surface area contributed by atoms with Gasteiger partial charge in [-0.25, -0.2) is 0 Å². The van der Waals surface area contributed by atoms with E-state index in [-0.39, 0.29) is 0 Å². The first-order valence-electron chi connectivity index (χ1n) is 6.12. The van der Waals surface area contributed by atoms with Crippen molar-refractivity contribution in [2.75, 3.05) is 0 Å². The van der Waals surface area contributed by atoms with Crippen LogP contribution < -0.4 is 4.57 Å². The van der Waals surface area contributed by atoms with E-state index in [2.05, 4.69) is 20.6 Å². The Kier molecular flexibility index (Phi) is 1.46. The molecule has 19 heavy (non-hydrogen) atoms. The lowest BCUT2D eigenvalue weighted by Gasteiger charge is -1.91. The number of nitrogens with zero attached hydrogens (tertiary/aromatic N) is 4. The summed E-state index contributed by atoms with van der Waals surface area (Å²) in [7, 11) is 0. The molecule has 5 heterocycles. The minimum atomic E-state index is 0.815. The number of pyridine rings is 1. The van der Waals surface area contributed by atoms with Crippen LogP contribution in [0.25, 0.3) is 28.2 Å². The topological polar surface area (TPSA) is 47.2 Å². The molecular formula is C14H9N4O+. The number of fused-ring (bicyclic) bond motifs is 7. The molecule has 0 spiro atoms. The quantitative estimate of drug-likeness (QED) is 0.393. The zero-order valence-corrected chi connectivity index (χ0v) is 9.95. The third kappa shape index (κ3) is 1.03. The summed E-state index contributed by atoms with van der Waals surface area (Å²) in [5.74, 6) is 0.911. The SMILES string of the molecule is c1cc2c(cn1)C[n+]1c-2oc2c1cc1cnccn12. The first kappa shape index (κ1) is 9.27. The van der Waals surface area contributed by atoms with Crippen molar-refractivity contribution in [1.82, 2.24) is 14.4 Å². The first-order chi connectivity index (χ1) is 9.42. The highest BCUT2D eigenvalue weighted by Crippen LogP contribution is 2.31. The van der Waals surface area contributed by atoms with Gasteiger partial charge in [-0.1, -0.05) is 0 Å². The van der Waals surface area contributed by atoms with Crippen molar-refractivity contribution in [1.29, 1.82) is 0 Å². The van der Waals surface area contributed by atoms with Gasteiger partial charge in [-0.15, -0.1) is 0 Å². The molecule has 0 fully saturated rings. The van der Waals surface area contributed by atoms with Gasteiger partial charge in [0.2, 0.25) is 0 Å². The Labute approximate surface area is 107 Å². The van der Waals surface area contributed by atoms with Crippen LogP contribution in [-0.2, 0) is 6.54 Å². The molecule has 0 radical (unpaired) electrons. The molecule has 0 aliphatic carbocycles. The summed E-state index contributed by atoms with van der Waals surface area (Å²) in [6, 6.07) is 4.11. The Hall–Kier alpha value is -2.69. The molecule has 4 aromatic rings. The summed E-state index contributed by atoms with van der Waals surface area (Å²) in [5.41, 5.74) is 5.35. The highest BCUT2D eigenvalue weighted by molar-refractivity contribution is 5.78. The summed E-state index contributed by atoms with van der Waals surface area (Å²) in [6.45, 7) is 0.815. The Morgan fingerprint density at radius 3 is 3.16 bits per heavy atom. The van der Waals surface area contributed by atoms with Crippen molar-refractivity contribution in [3.05, 3.63) is 48.7 Å². The lowest BCUT2D eigenvalue weighted by molar-refractivity contribution is -0.649. The Morgan fingerprint density at radius 2 is 2.16 bits per heavy atom. The second kappa shape index (κ2) is 3.00. The summed E-state index contributed by atoms with van der Waals surface area (Å²) < 4.78 is 10.3. The van der Waals surface area contributed by atoms with Crippen molar-refractivity contribution >= 4 is 16.7 Å². The van der Waals surface area contributed by atoms with Gasteiger partial charge < -0.3 is 4.42 Å². The van der Waals surface area contributed by atoms with Gasteiger partial charge in [0.15, 0.2) is 6.54 Å². The first-order valence-corrected chi connectivity index (χ1v) is 6.12. The fourth-order valence-corrected chi connectivity index (χ4v) is 2.83. The molecule has 4 aromatic heterocycles. The smallest absolute Gasteiger partial charge is 0.380 e. The van der Waals surface area contributed by atoms with Crippen LogP contribution in [0.1, 0.15) is 5.56 Å². The standard InChI is InChI=1S/C14H9N4O/c1-2-15-6-9-8-18-12-5-10-7-16-3-4-17(10)14(12)19-13(18)11(1)9/h1-7H,8H2/q+1. The van der Waals surface area contributed by atoms with Gasteiger partial charge in [-0.05, 0) is 6.07 Å². The van der Waals surface area contributed by atoms with Crippen LogP contribution in [0.2, 0.25) is 0 Å². The maximum Gasteiger partial charge on any atom is 0.383 e. The molecule has 1 aliphatic heterocycles. The van der Waals surface area contributed by atoms with Gasteiger partial charge in [0, 0.05) is 30.9 Å². The third-order valence-corrected chi connectivity index (χ3v) is 3.70. The van der Waals surface area contributed by atoms with Crippen molar-refractivity contribution in [2.24, 2.45) is 0 Å². The summed E-state index contributed by atoms with van der Waals surface area (Å²) in [4.78, 5) is 8.31. The van der Waals surface area contributed by atoms with Gasteiger partial charge >= 0.3 is 5.89 Å². The van der Waals surface area contributed by atoms with E-state index in [9.17, 15) is 0 Å². The predicted molar refractivity (Wildman–Crippen MR) is 67.5 cm³/mol. The molecule has 0 saturated carbocycles. The maximum atomic E-state index is 6.06. The lowest BCUT2D eigenvalue weighted by atomic mass is 10.2. The number of oxazole rings is 1. The van der Waals surface area contributed by atoms with Gasteiger partial charge in [-0.3, -0.25) is 14.4 Å². The molecule has 0 bridgehead atoms. The molecular weight excluding hydrogens is 240 g/mol. The fraction of sp³-hybridized carbons (Fsp3) is 0.0714. The van der Waals surface area contributed by atoms with Crippen molar-refractivity contribution < 1.29 is 8.98 Å². The predicted octanol–water partition coefficient (Wildman–Crippen LogP) is 1.79. The molecule has 0 aromatic carbocycles. The average Bonchev–Trinajstić information content (AvgIpc) is 3.07. The molecule has 1 aliphatic rings. The van der Waals surface area contributed by atoms with Crippen molar-refractivity contribution in [3.8, 4) is 11.5 Å². The van der Waals surface area contributed by atoms with Crippen LogP contribution >= 0.6 is 0 Å². The highest BCUT2D eigenvalue weighted by Gasteiger charge is 2.35. The van der Waals surface area contributed by atoms with Crippen LogP contribution in [0.3, 0.4) is 0 Å². The number of aromatic nitrogens is 4. The van der Waals surface area contributed by atoms with Crippen molar-refractivity contribution in [3.63, 3.8) is 0 Å². The molecule has 0 amide bonds. The highest BCUT2D eigenvalue weighted by atomic mass is 16.4. The molecule has 0 N–H and O–H groups in total. The molecule has 0 atom stereocenters. The minimum absolute atomic E-state index is 0.815. The van der Waals surface area contributed by atoms with E-state index in [0.717, 1.165) is 34.7 Å². The van der Waals surface area contributed by atoms with Crippen LogP contribution in [0.4, 0.5) is 0 Å². The Morgan fingerprint density at radius 1 is 1.21 bits per heavy atom. The van der Waals surface area contributed by atoms with Crippen LogP contribution in [0, 0.1) is 0 Å². The Balaban J connectivity index is 1.93. The average molecular weight is 249 g/mol. The van der Waals surface area contributed by atoms with Gasteiger partial charge in [-0.2, -0.15) is 4.57 Å². The third-order valence-electron chi connectivity index (χ3n) is 3.70. The Bertz CT molecular complexity index is 951. The van der Waals surface area contributed by atoms with E-state index in [1.807, 2.05) is 29.1 Å². The fourth-order valence-electron chi connectivity index (χ4n) is 2.83. The van der Waals surface area contributed by atoms with E-state index >= 15 is 0 Å². The van der Waals surface area contributed by atoms with E-state index in [4.69, 9.17) is 4.42 Å². The van der Waals surface area contributed by atoms with Gasteiger partial charge in [0.25, 0.3) is 11.2 Å². The maximum absolute atomic E-state index is 6.06. The van der Waals surface area contributed by atoms with Crippen LogP contribution in [0.5, 0.6) is 0 Å². The zero-order chi connectivity index (χ0) is 12.4. The van der Waals surface area contributed by atoms with E-state index in [0.29, 0.717) is 0 Å².